The van der Waals surface area contributed by atoms with Gasteiger partial charge in [0.1, 0.15) is 23.9 Å². The Hall–Kier alpha value is -2.44. The Morgan fingerprint density at radius 2 is 1.50 bits per heavy atom. The lowest BCUT2D eigenvalue weighted by atomic mass is 10.0. The lowest BCUT2D eigenvalue weighted by Crippen LogP contribution is -2.57. The van der Waals surface area contributed by atoms with Crippen LogP contribution in [0.15, 0.2) is 24.3 Å². The molecule has 166 valence electrons. The summed E-state index contributed by atoms with van der Waals surface area (Å²) in [5.41, 5.74) is 6.29. The number of carboxylic acid groups (broad SMARTS) is 1. The second kappa shape index (κ2) is 12.3. The van der Waals surface area contributed by atoms with E-state index in [9.17, 15) is 24.3 Å². The molecule has 30 heavy (non-hydrogen) atoms. The minimum Gasteiger partial charge on any atom is -0.508 e. The zero-order valence-electron chi connectivity index (χ0n) is 16.2. The van der Waals surface area contributed by atoms with Crippen LogP contribution in [-0.2, 0) is 25.6 Å². The van der Waals surface area contributed by atoms with Crippen molar-refractivity contribution in [1.82, 2.24) is 16.0 Å². The van der Waals surface area contributed by atoms with E-state index >= 15 is 0 Å². The smallest absolute Gasteiger partial charge is 0.327 e. The monoisotopic (exact) mass is 458 g/mol. The van der Waals surface area contributed by atoms with Gasteiger partial charge in [-0.1, -0.05) is 12.1 Å². The van der Waals surface area contributed by atoms with E-state index in [1.54, 1.807) is 12.1 Å². The van der Waals surface area contributed by atoms with Crippen LogP contribution in [0.3, 0.4) is 0 Å². The number of nitrogens with one attached hydrogen (secondary N) is 3. The van der Waals surface area contributed by atoms with Gasteiger partial charge in [-0.25, -0.2) is 4.79 Å². The van der Waals surface area contributed by atoms with Gasteiger partial charge in [0.25, 0.3) is 0 Å². The molecule has 4 unspecified atom stereocenters. The van der Waals surface area contributed by atoms with Crippen LogP contribution in [0.1, 0.15) is 12.5 Å². The number of aromatic hydroxyl groups is 1. The van der Waals surface area contributed by atoms with Gasteiger partial charge < -0.3 is 31.9 Å². The number of aliphatic carboxylic acids is 1. The van der Waals surface area contributed by atoms with Crippen molar-refractivity contribution < 1.29 is 29.4 Å². The van der Waals surface area contributed by atoms with Gasteiger partial charge in [0, 0.05) is 17.9 Å². The molecule has 1 aromatic rings. The summed E-state index contributed by atoms with van der Waals surface area (Å²) in [4.78, 5) is 48.1. The molecule has 0 spiro atoms. The molecule has 0 fully saturated rings. The summed E-state index contributed by atoms with van der Waals surface area (Å²) in [5, 5.41) is 25.6. The second-order valence-electron chi connectivity index (χ2n) is 6.53. The Morgan fingerprint density at radius 3 is 2.00 bits per heavy atom. The first-order chi connectivity index (χ1) is 14.1. The van der Waals surface area contributed by atoms with E-state index in [4.69, 9.17) is 10.8 Å². The predicted octanol–water partition coefficient (Wildman–Crippen LogP) is -1.32. The molecule has 0 saturated heterocycles. The Kier molecular flexibility index (Phi) is 10.5. The molecular weight excluding hydrogens is 432 g/mol. The molecule has 4 atom stereocenters. The minimum absolute atomic E-state index is 0.0448. The first kappa shape index (κ1) is 25.6. The van der Waals surface area contributed by atoms with Crippen molar-refractivity contribution in [3.05, 3.63) is 29.8 Å². The molecule has 0 aliphatic heterocycles. The highest BCUT2D eigenvalue weighted by molar-refractivity contribution is 7.80. The van der Waals surface area contributed by atoms with Crippen molar-refractivity contribution in [2.24, 2.45) is 5.73 Å². The molecule has 0 aliphatic rings. The average Bonchev–Trinajstić information content (AvgIpc) is 2.71. The van der Waals surface area contributed by atoms with Gasteiger partial charge in [0.2, 0.25) is 17.7 Å². The molecule has 1 rings (SSSR count). The Labute approximate surface area is 184 Å². The van der Waals surface area contributed by atoms with Crippen LogP contribution in [0.5, 0.6) is 5.75 Å². The fourth-order valence-electron chi connectivity index (χ4n) is 2.30. The Bertz CT molecular complexity index is 762. The maximum atomic E-state index is 12.7. The summed E-state index contributed by atoms with van der Waals surface area (Å²) in [6.07, 6.45) is 0.0693. The molecule has 1 aromatic carbocycles. The summed E-state index contributed by atoms with van der Waals surface area (Å²) < 4.78 is 0. The third-order valence-corrected chi connectivity index (χ3v) is 4.85. The Balaban J connectivity index is 2.89. The van der Waals surface area contributed by atoms with Crippen LogP contribution >= 0.6 is 25.3 Å². The number of hydrogen-bond acceptors (Lipinski definition) is 8. The van der Waals surface area contributed by atoms with E-state index in [2.05, 4.69) is 41.2 Å². The number of hydrogen-bond donors (Lipinski definition) is 8. The summed E-state index contributed by atoms with van der Waals surface area (Å²) in [7, 11) is 0. The van der Waals surface area contributed by atoms with Crippen molar-refractivity contribution in [2.45, 2.75) is 37.5 Å². The third kappa shape index (κ3) is 8.13. The topological polar surface area (TPSA) is 171 Å². The van der Waals surface area contributed by atoms with Gasteiger partial charge in [-0.3, -0.25) is 14.4 Å². The normalized spacial score (nSPS) is 14.7. The average molecular weight is 459 g/mol. The highest BCUT2D eigenvalue weighted by atomic mass is 32.1. The van der Waals surface area contributed by atoms with Gasteiger partial charge in [-0.2, -0.15) is 25.3 Å². The van der Waals surface area contributed by atoms with E-state index < -0.39 is 47.9 Å². The van der Waals surface area contributed by atoms with Crippen LogP contribution in [0.4, 0.5) is 0 Å². The number of amides is 3. The standard InChI is InChI=1S/C18H26N4O6S2/c1-9(15(24)22-14(8-30)18(27)28)20-17(26)13(21-16(25)12(19)7-29)6-10-2-4-11(23)5-3-10/h2-5,9,12-14,23,29-30H,6-8,19H2,1H3,(H,20,26)(H,21,25)(H,22,24)(H,27,28). The molecule has 0 saturated carbocycles. The maximum absolute atomic E-state index is 12.7. The van der Waals surface area contributed by atoms with E-state index in [1.807, 2.05) is 0 Å². The molecular formula is C18H26N4O6S2. The molecule has 0 radical (unpaired) electrons. The van der Waals surface area contributed by atoms with Crippen LogP contribution in [0.2, 0.25) is 0 Å². The number of carbonyl (C=O) groups excluding carboxylic acids is 3. The van der Waals surface area contributed by atoms with Gasteiger partial charge in [-0.05, 0) is 24.6 Å². The van der Waals surface area contributed by atoms with Crippen LogP contribution in [0.25, 0.3) is 0 Å². The second-order valence-corrected chi connectivity index (χ2v) is 7.26. The van der Waals surface area contributed by atoms with Crippen molar-refractivity contribution in [2.75, 3.05) is 11.5 Å². The molecule has 0 aromatic heterocycles. The number of benzene rings is 1. The number of phenolic OH excluding ortho intramolecular Hbond substituents is 1. The number of rotatable bonds is 11. The quantitative estimate of drug-likeness (QED) is 0.190. The first-order valence-electron chi connectivity index (χ1n) is 8.98. The molecule has 3 amide bonds. The summed E-state index contributed by atoms with van der Waals surface area (Å²) in [6.45, 7) is 1.38. The van der Waals surface area contributed by atoms with Crippen molar-refractivity contribution in [1.29, 1.82) is 0 Å². The number of phenols is 1. The van der Waals surface area contributed by atoms with Crippen LogP contribution < -0.4 is 21.7 Å². The number of thiol groups is 2. The molecule has 0 bridgehead atoms. The van der Waals surface area contributed by atoms with Gasteiger partial charge in [0.05, 0.1) is 6.04 Å². The Morgan fingerprint density at radius 1 is 0.933 bits per heavy atom. The number of carbonyl (C=O) groups is 4. The van der Waals surface area contributed by atoms with Gasteiger partial charge >= 0.3 is 5.97 Å². The molecule has 0 aliphatic carbocycles. The van der Waals surface area contributed by atoms with Gasteiger partial charge in [-0.15, -0.1) is 0 Å². The molecule has 10 nitrogen and oxygen atoms in total. The molecule has 0 heterocycles. The van der Waals surface area contributed by atoms with Crippen molar-refractivity contribution in [3.63, 3.8) is 0 Å². The van der Waals surface area contributed by atoms with E-state index in [-0.39, 0.29) is 23.7 Å². The zero-order valence-corrected chi connectivity index (χ0v) is 18.0. The summed E-state index contributed by atoms with van der Waals surface area (Å²) >= 11 is 7.82. The third-order valence-electron chi connectivity index (χ3n) is 4.09. The van der Waals surface area contributed by atoms with E-state index in [0.29, 0.717) is 5.56 Å². The number of carboxylic acids is 1. The maximum Gasteiger partial charge on any atom is 0.327 e. The van der Waals surface area contributed by atoms with Crippen LogP contribution in [0, 0.1) is 0 Å². The summed E-state index contributed by atoms with van der Waals surface area (Å²) in [6, 6.07) is 1.76. The lowest BCUT2D eigenvalue weighted by Gasteiger charge is -2.23. The molecule has 7 N–H and O–H groups in total. The van der Waals surface area contributed by atoms with E-state index in [1.165, 1.54) is 19.1 Å². The van der Waals surface area contributed by atoms with Gasteiger partial charge in [0.15, 0.2) is 0 Å². The highest BCUT2D eigenvalue weighted by Gasteiger charge is 2.28. The summed E-state index contributed by atoms with van der Waals surface area (Å²) in [5.74, 6) is -3.24. The molecule has 12 heteroatoms. The fourth-order valence-corrected chi connectivity index (χ4v) is 2.71. The van der Waals surface area contributed by atoms with Crippen molar-refractivity contribution in [3.8, 4) is 5.75 Å². The minimum atomic E-state index is -1.25. The first-order valence-corrected chi connectivity index (χ1v) is 10.2. The largest absolute Gasteiger partial charge is 0.508 e. The number of nitrogens with two attached hydrogens (primary N) is 1. The van der Waals surface area contributed by atoms with Crippen LogP contribution in [-0.4, -0.2) is 69.6 Å². The predicted molar refractivity (Wildman–Crippen MR) is 117 cm³/mol. The fraction of sp³-hybridized carbons (Fsp3) is 0.444. The van der Waals surface area contributed by atoms with E-state index in [0.717, 1.165) is 0 Å². The lowest BCUT2D eigenvalue weighted by molar-refractivity contribution is -0.141. The SMILES string of the molecule is CC(NC(=O)C(Cc1ccc(O)cc1)NC(=O)C(N)CS)C(=O)NC(CS)C(=O)O. The van der Waals surface area contributed by atoms with Crippen molar-refractivity contribution >= 4 is 48.9 Å². The highest BCUT2D eigenvalue weighted by Crippen LogP contribution is 2.12. The zero-order chi connectivity index (χ0) is 22.8.